The maximum Gasteiger partial charge on any atom is 0.122 e. The fraction of sp³-hybridized carbons (Fsp3) is 0.538. The lowest BCUT2D eigenvalue weighted by Gasteiger charge is -2.27. The Morgan fingerprint density at radius 3 is 2.62 bits per heavy atom. The summed E-state index contributed by atoms with van der Waals surface area (Å²) >= 11 is 3.51. The summed E-state index contributed by atoms with van der Waals surface area (Å²) < 4.78 is 6.52. The van der Waals surface area contributed by atoms with Gasteiger partial charge < -0.3 is 10.1 Å². The molecule has 3 heteroatoms. The Morgan fingerprint density at radius 2 is 2.06 bits per heavy atom. The smallest absolute Gasteiger partial charge is 0.122 e. The van der Waals surface area contributed by atoms with Crippen LogP contribution in [0.25, 0.3) is 0 Å². The predicted octanol–water partition coefficient (Wildman–Crippen LogP) is 3.34. The molecule has 0 atom stereocenters. The molecule has 0 aliphatic rings. The van der Waals surface area contributed by atoms with Gasteiger partial charge in [-0.2, -0.15) is 0 Å². The molecule has 0 amide bonds. The summed E-state index contributed by atoms with van der Waals surface area (Å²) in [4.78, 5) is 0. The van der Waals surface area contributed by atoms with Crippen molar-refractivity contribution >= 4 is 15.9 Å². The van der Waals surface area contributed by atoms with Crippen LogP contribution in [0.15, 0.2) is 22.7 Å². The van der Waals surface area contributed by atoms with E-state index in [1.807, 2.05) is 19.2 Å². The summed E-state index contributed by atoms with van der Waals surface area (Å²) in [6.45, 7) is 5.49. The maximum atomic E-state index is 5.43. The van der Waals surface area contributed by atoms with Crippen molar-refractivity contribution in [1.29, 1.82) is 0 Å². The van der Waals surface area contributed by atoms with Crippen LogP contribution >= 0.6 is 15.9 Å². The topological polar surface area (TPSA) is 21.3 Å². The van der Waals surface area contributed by atoms with Crippen LogP contribution in [0, 0.1) is 0 Å². The lowest BCUT2D eigenvalue weighted by Crippen LogP contribution is -2.24. The van der Waals surface area contributed by atoms with Crippen molar-refractivity contribution in [2.45, 2.75) is 25.7 Å². The van der Waals surface area contributed by atoms with Crippen molar-refractivity contribution < 1.29 is 4.74 Å². The lowest BCUT2D eigenvalue weighted by molar-refractivity contribution is 0.384. The third-order valence-corrected chi connectivity index (χ3v) is 3.38. The molecule has 0 saturated heterocycles. The number of ether oxygens (including phenoxy) is 1. The van der Waals surface area contributed by atoms with Gasteiger partial charge in [0.1, 0.15) is 5.75 Å². The molecule has 0 bridgehead atoms. The van der Waals surface area contributed by atoms with E-state index >= 15 is 0 Å². The molecule has 0 saturated carbocycles. The van der Waals surface area contributed by atoms with Crippen molar-refractivity contribution in [2.24, 2.45) is 0 Å². The van der Waals surface area contributed by atoms with Gasteiger partial charge in [-0.3, -0.25) is 0 Å². The highest BCUT2D eigenvalue weighted by Crippen LogP contribution is 2.35. The van der Waals surface area contributed by atoms with Crippen LogP contribution in [0.3, 0.4) is 0 Å². The number of benzene rings is 1. The van der Waals surface area contributed by atoms with Crippen molar-refractivity contribution in [2.75, 3.05) is 20.7 Å². The molecular weight excluding hydrogens is 266 g/mol. The van der Waals surface area contributed by atoms with E-state index in [0.717, 1.165) is 23.2 Å². The Bertz CT molecular complexity index is 350. The van der Waals surface area contributed by atoms with E-state index < -0.39 is 0 Å². The van der Waals surface area contributed by atoms with Crippen molar-refractivity contribution in [3.8, 4) is 5.75 Å². The van der Waals surface area contributed by atoms with E-state index in [4.69, 9.17) is 4.74 Å². The molecule has 0 heterocycles. The molecule has 0 aliphatic carbocycles. The summed E-state index contributed by atoms with van der Waals surface area (Å²) in [6, 6.07) is 6.17. The Labute approximate surface area is 107 Å². The minimum absolute atomic E-state index is 0.109. The first-order valence-electron chi connectivity index (χ1n) is 5.50. The maximum absolute atomic E-state index is 5.43. The molecule has 0 spiro atoms. The highest BCUT2D eigenvalue weighted by molar-refractivity contribution is 9.10. The summed E-state index contributed by atoms with van der Waals surface area (Å²) in [5.74, 6) is 0.962. The molecule has 16 heavy (non-hydrogen) atoms. The van der Waals surface area contributed by atoms with E-state index in [2.05, 4.69) is 41.2 Å². The molecule has 0 fully saturated rings. The fourth-order valence-corrected chi connectivity index (χ4v) is 2.14. The average molecular weight is 286 g/mol. The molecule has 90 valence electrons. The quantitative estimate of drug-likeness (QED) is 0.896. The van der Waals surface area contributed by atoms with Crippen LogP contribution in [0.1, 0.15) is 25.8 Å². The van der Waals surface area contributed by atoms with Crippen molar-refractivity contribution in [3.05, 3.63) is 28.2 Å². The Balaban J connectivity index is 3.04. The molecule has 1 rings (SSSR count). The van der Waals surface area contributed by atoms with Crippen molar-refractivity contribution in [1.82, 2.24) is 5.32 Å². The minimum atomic E-state index is 0.109. The summed E-state index contributed by atoms with van der Waals surface area (Å²) in [7, 11) is 3.70. The van der Waals surface area contributed by atoms with Gasteiger partial charge in [0.15, 0.2) is 0 Å². The highest BCUT2D eigenvalue weighted by atomic mass is 79.9. The monoisotopic (exact) mass is 285 g/mol. The van der Waals surface area contributed by atoms with Crippen LogP contribution in [0.5, 0.6) is 5.75 Å². The highest BCUT2D eigenvalue weighted by Gasteiger charge is 2.24. The third kappa shape index (κ3) is 3.22. The molecule has 2 nitrogen and oxygen atoms in total. The van der Waals surface area contributed by atoms with Gasteiger partial charge in [-0.05, 0) is 43.6 Å². The molecule has 0 aliphatic heterocycles. The largest absolute Gasteiger partial charge is 0.496 e. The molecule has 1 aromatic rings. The first-order valence-corrected chi connectivity index (χ1v) is 6.29. The van der Waals surface area contributed by atoms with Crippen LogP contribution in [-0.4, -0.2) is 20.7 Å². The van der Waals surface area contributed by atoms with E-state index in [9.17, 15) is 0 Å². The number of hydrogen-bond acceptors (Lipinski definition) is 2. The van der Waals surface area contributed by atoms with Gasteiger partial charge in [0.05, 0.1) is 7.11 Å². The summed E-state index contributed by atoms with van der Waals surface area (Å²) in [5, 5.41) is 3.19. The van der Waals surface area contributed by atoms with Gasteiger partial charge in [0.25, 0.3) is 0 Å². The molecule has 1 N–H and O–H groups in total. The van der Waals surface area contributed by atoms with Crippen LogP contribution in [0.2, 0.25) is 0 Å². The third-order valence-electron chi connectivity index (χ3n) is 2.89. The Kier molecular flexibility index (Phi) is 4.81. The SMILES string of the molecule is CNCCC(C)(C)c1cc(Br)ccc1OC. The number of halogens is 1. The van der Waals surface area contributed by atoms with Crippen LogP contribution in [0.4, 0.5) is 0 Å². The second kappa shape index (κ2) is 5.69. The second-order valence-corrected chi connectivity index (χ2v) is 5.50. The second-order valence-electron chi connectivity index (χ2n) is 4.58. The Morgan fingerprint density at radius 1 is 1.38 bits per heavy atom. The first-order chi connectivity index (χ1) is 7.51. The lowest BCUT2D eigenvalue weighted by atomic mass is 9.81. The number of hydrogen-bond donors (Lipinski definition) is 1. The van der Waals surface area contributed by atoms with Gasteiger partial charge in [0, 0.05) is 10.0 Å². The zero-order valence-electron chi connectivity index (χ0n) is 10.4. The van der Waals surface area contributed by atoms with Gasteiger partial charge >= 0.3 is 0 Å². The van der Waals surface area contributed by atoms with E-state index in [1.54, 1.807) is 7.11 Å². The normalized spacial score (nSPS) is 11.6. The number of nitrogens with one attached hydrogen (secondary N) is 1. The van der Waals surface area contributed by atoms with Gasteiger partial charge in [0.2, 0.25) is 0 Å². The molecule has 0 aromatic heterocycles. The molecular formula is C13H20BrNO. The minimum Gasteiger partial charge on any atom is -0.496 e. The first kappa shape index (κ1) is 13.5. The van der Waals surface area contributed by atoms with Crippen molar-refractivity contribution in [3.63, 3.8) is 0 Å². The molecule has 0 unspecified atom stereocenters. The zero-order chi connectivity index (χ0) is 12.2. The van der Waals surface area contributed by atoms with E-state index in [-0.39, 0.29) is 5.41 Å². The van der Waals surface area contributed by atoms with E-state index in [1.165, 1.54) is 5.56 Å². The summed E-state index contributed by atoms with van der Waals surface area (Å²) in [5.41, 5.74) is 1.36. The predicted molar refractivity (Wildman–Crippen MR) is 72.3 cm³/mol. The number of methoxy groups -OCH3 is 1. The molecule has 1 aromatic carbocycles. The Hall–Kier alpha value is -0.540. The van der Waals surface area contributed by atoms with E-state index in [0.29, 0.717) is 0 Å². The zero-order valence-corrected chi connectivity index (χ0v) is 12.0. The van der Waals surface area contributed by atoms with Gasteiger partial charge in [-0.1, -0.05) is 29.8 Å². The standard InChI is InChI=1S/C13H20BrNO/c1-13(2,7-8-15-3)11-9-10(14)5-6-12(11)16-4/h5-6,9,15H,7-8H2,1-4H3. The van der Waals surface area contributed by atoms with Gasteiger partial charge in [-0.15, -0.1) is 0 Å². The van der Waals surface area contributed by atoms with Crippen LogP contribution < -0.4 is 10.1 Å². The van der Waals surface area contributed by atoms with Crippen LogP contribution in [-0.2, 0) is 5.41 Å². The molecule has 0 radical (unpaired) electrons. The average Bonchev–Trinajstić information content (AvgIpc) is 2.26. The fourth-order valence-electron chi connectivity index (χ4n) is 1.78. The van der Waals surface area contributed by atoms with Gasteiger partial charge in [-0.25, -0.2) is 0 Å². The number of rotatable bonds is 5. The summed E-state index contributed by atoms with van der Waals surface area (Å²) in [6.07, 6.45) is 1.08.